The number of nitrogens with zero attached hydrogens (tertiary/aromatic N) is 4. The molecular weight excluding hydrogens is 442 g/mol. The third-order valence-electron chi connectivity index (χ3n) is 4.31. The lowest BCUT2D eigenvalue weighted by Gasteiger charge is -2.16. The number of aryl methyl sites for hydroxylation is 2. The number of rotatable bonds is 9. The van der Waals surface area contributed by atoms with Gasteiger partial charge in [0.05, 0.1) is 23.9 Å². The number of thiol groups is 1. The molecule has 3 rings (SSSR count). The van der Waals surface area contributed by atoms with Crippen LogP contribution in [0.25, 0.3) is 0 Å². The number of carbonyl (C=O) groups is 1. The Kier molecular flexibility index (Phi) is 7.41. The molecule has 11 nitrogen and oxygen atoms in total. The molecule has 1 amide bonds. The molecule has 166 valence electrons. The zero-order valence-electron chi connectivity index (χ0n) is 17.2. The Morgan fingerprint density at radius 1 is 1.26 bits per heavy atom. The number of benzene rings is 1. The van der Waals surface area contributed by atoms with Crippen molar-refractivity contribution in [2.24, 2.45) is 7.05 Å². The second-order valence-electron chi connectivity index (χ2n) is 6.49. The van der Waals surface area contributed by atoms with Crippen LogP contribution >= 0.6 is 11.3 Å². The number of carbonyl (C=O) groups excluding carboxylic acids is 1. The third kappa shape index (κ3) is 6.15. The summed E-state index contributed by atoms with van der Waals surface area (Å²) in [6, 6.07) is 6.86. The van der Waals surface area contributed by atoms with Crippen LogP contribution in [0.4, 0.5) is 22.4 Å². The molecule has 0 fully saturated rings. The zero-order chi connectivity index (χ0) is 22.4. The van der Waals surface area contributed by atoms with E-state index < -0.39 is 17.0 Å². The Morgan fingerprint density at radius 2 is 2.00 bits per heavy atom. The number of hydrogen-bond acceptors (Lipinski definition) is 9. The van der Waals surface area contributed by atoms with E-state index in [1.54, 1.807) is 30.5 Å². The van der Waals surface area contributed by atoms with Crippen LogP contribution in [0.5, 0.6) is 0 Å². The van der Waals surface area contributed by atoms with E-state index in [4.69, 9.17) is 0 Å². The van der Waals surface area contributed by atoms with Crippen molar-refractivity contribution in [1.82, 2.24) is 19.7 Å². The van der Waals surface area contributed by atoms with Crippen LogP contribution in [0.2, 0.25) is 0 Å². The number of methoxy groups -OCH3 is 1. The highest BCUT2D eigenvalue weighted by Gasteiger charge is 2.19. The highest BCUT2D eigenvalue weighted by Crippen LogP contribution is 2.25. The highest BCUT2D eigenvalue weighted by molar-refractivity contribution is 7.73. The first kappa shape index (κ1) is 22.5. The molecule has 31 heavy (non-hydrogen) atoms. The Balaban J connectivity index is 1.82. The van der Waals surface area contributed by atoms with Crippen molar-refractivity contribution in [1.29, 1.82) is 0 Å². The quantitative estimate of drug-likeness (QED) is 0.353. The summed E-state index contributed by atoms with van der Waals surface area (Å²) >= 11 is 1.58. The fraction of sp³-hybridized carbons (Fsp3) is 0.333. The highest BCUT2D eigenvalue weighted by atomic mass is 32.2. The summed E-state index contributed by atoms with van der Waals surface area (Å²) < 4.78 is 30.0. The van der Waals surface area contributed by atoms with E-state index in [1.807, 2.05) is 24.4 Å². The fourth-order valence-corrected chi connectivity index (χ4v) is 3.94. The van der Waals surface area contributed by atoms with Crippen molar-refractivity contribution >= 4 is 45.9 Å². The van der Waals surface area contributed by atoms with Crippen LogP contribution in [0.15, 0.2) is 29.6 Å². The van der Waals surface area contributed by atoms with Crippen LogP contribution in [0.1, 0.15) is 29.2 Å². The predicted molar refractivity (Wildman–Crippen MR) is 119 cm³/mol. The number of hydrogen-bond donors (Lipinski definition) is 4. The fourth-order valence-electron chi connectivity index (χ4n) is 2.79. The first-order valence-electron chi connectivity index (χ1n) is 9.34. The van der Waals surface area contributed by atoms with Gasteiger partial charge in [-0.1, -0.05) is 19.1 Å². The number of anilines is 3. The normalized spacial score (nSPS) is 11.9. The molecule has 0 spiro atoms. The van der Waals surface area contributed by atoms with Gasteiger partial charge in [0.25, 0.3) is 0 Å². The van der Waals surface area contributed by atoms with E-state index in [2.05, 4.69) is 35.2 Å². The number of amides is 1. The van der Waals surface area contributed by atoms with Crippen molar-refractivity contribution < 1.29 is 17.9 Å². The molecule has 2 heterocycles. The van der Waals surface area contributed by atoms with E-state index >= 15 is 0 Å². The summed E-state index contributed by atoms with van der Waals surface area (Å²) in [7, 11) is 0.215. The first-order valence-corrected chi connectivity index (χ1v) is 11.4. The minimum absolute atomic E-state index is 0.236. The molecule has 1 atom stereocenters. The Labute approximate surface area is 185 Å². The maximum Gasteiger partial charge on any atom is 0.413 e. The molecule has 0 aliphatic rings. The lowest BCUT2D eigenvalue weighted by atomic mass is 10.0. The molecule has 3 N–H and O–H groups in total. The van der Waals surface area contributed by atoms with Crippen molar-refractivity contribution in [3.05, 3.63) is 45.9 Å². The zero-order valence-corrected chi connectivity index (χ0v) is 18.9. The number of thiazole rings is 1. The molecule has 0 aliphatic carbocycles. The molecule has 0 aliphatic heterocycles. The van der Waals surface area contributed by atoms with Gasteiger partial charge in [-0.3, -0.25) is 10.0 Å². The van der Waals surface area contributed by atoms with E-state index in [0.717, 1.165) is 22.7 Å². The van der Waals surface area contributed by atoms with E-state index in [-0.39, 0.29) is 12.0 Å². The summed E-state index contributed by atoms with van der Waals surface area (Å²) in [5, 5.41) is 13.1. The Hall–Kier alpha value is -3.19. The molecule has 2 aromatic heterocycles. The van der Waals surface area contributed by atoms with E-state index in [0.29, 0.717) is 18.1 Å². The van der Waals surface area contributed by atoms with Gasteiger partial charge in [0.1, 0.15) is 0 Å². The first-order chi connectivity index (χ1) is 14.9. The second kappa shape index (κ2) is 10.2. The second-order valence-corrected chi connectivity index (χ2v) is 8.17. The van der Waals surface area contributed by atoms with Crippen molar-refractivity contribution in [3.63, 3.8) is 0 Å². The molecule has 0 unspecified atom stereocenters. The van der Waals surface area contributed by atoms with Crippen molar-refractivity contribution in [3.8, 4) is 0 Å². The standard InChI is InChI=1S/C18H23N7O4S2/c1-4-15-19-14(10-30-15)13(9-11-5-7-12(8-6-11)24-31(27)28)20-16-21-17(25(2)23-16)22-18(26)29-3/h5-8,10,13,31H,4,9H2,1-3H3,(H,24,27,28)(H2,20,21,22,23,26)/t13-/m0/s1. The van der Waals surface area contributed by atoms with Gasteiger partial charge in [0, 0.05) is 18.1 Å². The topological polar surface area (TPSA) is 140 Å². The van der Waals surface area contributed by atoms with Gasteiger partial charge in [0.15, 0.2) is 0 Å². The van der Waals surface area contributed by atoms with Crippen molar-refractivity contribution in [2.45, 2.75) is 25.8 Å². The van der Waals surface area contributed by atoms with Crippen LogP contribution in [0.3, 0.4) is 0 Å². The molecule has 0 saturated heterocycles. The molecular formula is C18H23N7O4S2. The molecule has 0 bridgehead atoms. The summed E-state index contributed by atoms with van der Waals surface area (Å²) in [6.45, 7) is 2.04. The summed E-state index contributed by atoms with van der Waals surface area (Å²) in [5.41, 5.74) is 2.32. The van der Waals surface area contributed by atoms with Gasteiger partial charge >= 0.3 is 6.09 Å². The Morgan fingerprint density at radius 3 is 2.61 bits per heavy atom. The van der Waals surface area contributed by atoms with Crippen LogP contribution in [0, 0.1) is 0 Å². The number of ether oxygens (including phenoxy) is 1. The number of nitrogens with one attached hydrogen (secondary N) is 3. The molecule has 13 heteroatoms. The van der Waals surface area contributed by atoms with Gasteiger partial charge in [-0.2, -0.15) is 4.98 Å². The third-order valence-corrected chi connectivity index (χ3v) is 5.76. The molecule has 3 aromatic rings. The monoisotopic (exact) mass is 465 g/mol. The summed E-state index contributed by atoms with van der Waals surface area (Å²) in [5.74, 6) is 0.564. The van der Waals surface area contributed by atoms with Gasteiger partial charge < -0.3 is 10.1 Å². The number of aromatic nitrogens is 4. The predicted octanol–water partition coefficient (Wildman–Crippen LogP) is 2.35. The average molecular weight is 466 g/mol. The smallest absolute Gasteiger partial charge is 0.413 e. The minimum Gasteiger partial charge on any atom is -0.453 e. The van der Waals surface area contributed by atoms with Crippen molar-refractivity contribution in [2.75, 3.05) is 22.5 Å². The summed E-state index contributed by atoms with van der Waals surface area (Å²) in [4.78, 5) is 20.5. The largest absolute Gasteiger partial charge is 0.453 e. The molecule has 1 aromatic carbocycles. The minimum atomic E-state index is -2.71. The van der Waals surface area contributed by atoms with Crippen LogP contribution in [-0.2, 0) is 35.5 Å². The lowest BCUT2D eigenvalue weighted by Crippen LogP contribution is -2.15. The van der Waals surface area contributed by atoms with Crippen LogP contribution in [-0.4, -0.2) is 41.4 Å². The van der Waals surface area contributed by atoms with Gasteiger partial charge in [-0.05, 0) is 30.5 Å². The Bertz CT molecular complexity index is 1100. The van der Waals surface area contributed by atoms with E-state index in [9.17, 15) is 13.2 Å². The van der Waals surface area contributed by atoms with E-state index in [1.165, 1.54) is 11.8 Å². The maximum atomic E-state index is 11.5. The lowest BCUT2D eigenvalue weighted by molar-refractivity contribution is 0.186. The summed E-state index contributed by atoms with van der Waals surface area (Å²) in [6.07, 6.45) is 0.758. The van der Waals surface area contributed by atoms with Crippen LogP contribution < -0.4 is 15.4 Å². The van der Waals surface area contributed by atoms with Gasteiger partial charge in [-0.25, -0.2) is 22.9 Å². The van der Waals surface area contributed by atoms with Gasteiger partial charge in [0.2, 0.25) is 22.8 Å². The molecule has 0 radical (unpaired) electrons. The SMILES string of the molecule is CCc1nc([C@H](Cc2ccc(N[SH](=O)=O)cc2)Nc2nc(NC(=O)OC)n(C)n2)cs1. The molecule has 0 saturated carbocycles. The van der Waals surface area contributed by atoms with Gasteiger partial charge in [-0.15, -0.1) is 16.4 Å². The maximum absolute atomic E-state index is 11.5. The average Bonchev–Trinajstić information content (AvgIpc) is 3.35.